The minimum atomic E-state index is -0.765. The van der Waals surface area contributed by atoms with Gasteiger partial charge in [0.05, 0.1) is 37.1 Å². The van der Waals surface area contributed by atoms with E-state index in [0.29, 0.717) is 0 Å². The molecule has 0 bridgehead atoms. The fourth-order valence-electron chi connectivity index (χ4n) is 8.39. The Hall–Kier alpha value is -4.92. The van der Waals surface area contributed by atoms with Crippen LogP contribution in [-0.4, -0.2) is 21.5 Å². The van der Waals surface area contributed by atoms with Crippen molar-refractivity contribution in [2.24, 2.45) is 14.1 Å². The van der Waals surface area contributed by atoms with Crippen LogP contribution in [0, 0.1) is 24.7 Å². The quantitative estimate of drug-likeness (QED) is 0.0651. The second-order valence-electron chi connectivity index (χ2n) is 15.1. The van der Waals surface area contributed by atoms with Crippen LogP contribution >= 0.6 is 15.8 Å². The molecule has 0 fully saturated rings. The molecular formula is C56H48Au2N2P2+2. The van der Waals surface area contributed by atoms with Crippen LogP contribution in [0.3, 0.4) is 0 Å². The molecule has 62 heavy (non-hydrogen) atoms. The maximum absolute atomic E-state index is 7.16. The predicted molar refractivity (Wildman–Crippen MR) is 264 cm³/mol. The summed E-state index contributed by atoms with van der Waals surface area (Å²) in [6, 6.07) is 62.3. The van der Waals surface area contributed by atoms with Gasteiger partial charge in [-0.25, -0.2) is 0 Å². The van der Waals surface area contributed by atoms with Gasteiger partial charge in [-0.05, 0) is 73.5 Å². The molecule has 1 aliphatic carbocycles. The molecule has 0 radical (unpaired) electrons. The van der Waals surface area contributed by atoms with Crippen molar-refractivity contribution in [3.8, 4) is 11.8 Å². The van der Waals surface area contributed by atoms with Crippen LogP contribution in [0.25, 0.3) is 43.6 Å². The summed E-state index contributed by atoms with van der Waals surface area (Å²) in [5.74, 6) is 4.85. The summed E-state index contributed by atoms with van der Waals surface area (Å²) < 4.78 is 4.32. The number of nitrogens with zero attached hydrogens (tertiary/aromatic N) is 2. The van der Waals surface area contributed by atoms with Gasteiger partial charge >= 0.3 is 44.8 Å². The van der Waals surface area contributed by atoms with Crippen molar-refractivity contribution in [2.45, 2.75) is 12.8 Å². The molecule has 0 amide bonds. The van der Waals surface area contributed by atoms with E-state index in [0.717, 1.165) is 22.2 Å². The van der Waals surface area contributed by atoms with Crippen molar-refractivity contribution in [1.29, 1.82) is 0 Å². The Bertz CT molecular complexity index is 2870. The minimum absolute atomic E-state index is 0. The molecule has 2 nitrogen and oxygen atoms in total. The Balaban J connectivity index is 0.000000162. The number of fused-ring (bicyclic) bond motifs is 6. The SMILES string of the molecule is C1=CC([PH+](CC[PH+](c2ccccc2)c2ccccc2)c2ccccc2)=CCC1.[Au+].[Au+].[C-]#Cc1ccc2c3ccccc3n(C)c2c1.[C-]#Cc1ccc2c3ccccc3n(C)c2c1. The fourth-order valence-corrected chi connectivity index (χ4v) is 14.7. The van der Waals surface area contributed by atoms with Crippen molar-refractivity contribution < 1.29 is 44.8 Å². The summed E-state index contributed by atoms with van der Waals surface area (Å²) in [6.07, 6.45) is 26.6. The Morgan fingerprint density at radius 3 is 1.26 bits per heavy atom. The molecule has 10 rings (SSSR count). The number of para-hydroxylation sites is 2. The molecule has 0 N–H and O–H groups in total. The summed E-state index contributed by atoms with van der Waals surface area (Å²) in [7, 11) is 2.61. The fraction of sp³-hybridized carbons (Fsp3) is 0.107. The molecule has 312 valence electrons. The molecule has 0 saturated heterocycles. The zero-order valence-corrected chi connectivity index (χ0v) is 41.1. The van der Waals surface area contributed by atoms with E-state index in [4.69, 9.17) is 12.8 Å². The molecule has 0 saturated carbocycles. The molecule has 1 aliphatic rings. The van der Waals surface area contributed by atoms with E-state index in [1.165, 1.54) is 68.4 Å². The van der Waals surface area contributed by atoms with Crippen molar-refractivity contribution in [1.82, 2.24) is 9.13 Å². The van der Waals surface area contributed by atoms with Gasteiger partial charge in [-0.3, -0.25) is 11.8 Å². The topological polar surface area (TPSA) is 9.86 Å². The molecule has 2 aromatic heterocycles. The zero-order chi connectivity index (χ0) is 41.3. The largest absolute Gasteiger partial charge is 1.00 e. The number of benzene rings is 7. The number of allylic oxidation sites excluding steroid dienone is 4. The van der Waals surface area contributed by atoms with Crippen LogP contribution < -0.4 is 15.9 Å². The van der Waals surface area contributed by atoms with Crippen LogP contribution in [0.1, 0.15) is 24.0 Å². The predicted octanol–water partition coefficient (Wildman–Crippen LogP) is 12.2. The first kappa shape index (κ1) is 46.6. The number of rotatable bonds is 7. The molecular weight excluding hydrogens is 1160 g/mol. The van der Waals surface area contributed by atoms with Gasteiger partial charge in [0.2, 0.25) is 0 Å². The van der Waals surface area contributed by atoms with Crippen LogP contribution in [-0.2, 0) is 58.9 Å². The van der Waals surface area contributed by atoms with Gasteiger partial charge < -0.3 is 22.0 Å². The number of aromatic nitrogens is 2. The Kier molecular flexibility index (Phi) is 16.9. The second-order valence-corrected chi connectivity index (χ2v) is 20.3. The van der Waals surface area contributed by atoms with Gasteiger partial charge in [0, 0.05) is 57.7 Å². The third-order valence-corrected chi connectivity index (χ3v) is 17.6. The summed E-state index contributed by atoms with van der Waals surface area (Å²) >= 11 is 0. The smallest absolute Gasteiger partial charge is 0.366 e. The van der Waals surface area contributed by atoms with Crippen LogP contribution in [0.4, 0.5) is 0 Å². The Labute approximate surface area is 400 Å². The van der Waals surface area contributed by atoms with E-state index < -0.39 is 15.8 Å². The van der Waals surface area contributed by atoms with E-state index in [9.17, 15) is 0 Å². The number of hydrogen-bond donors (Lipinski definition) is 0. The maximum Gasteiger partial charge on any atom is 1.00 e. The van der Waals surface area contributed by atoms with Crippen molar-refractivity contribution in [2.75, 3.05) is 12.3 Å². The average Bonchev–Trinajstić information content (AvgIpc) is 3.78. The molecule has 2 heterocycles. The van der Waals surface area contributed by atoms with Crippen LogP contribution in [0.5, 0.6) is 0 Å². The number of hydrogen-bond acceptors (Lipinski definition) is 0. The Morgan fingerprint density at radius 2 is 0.839 bits per heavy atom. The van der Waals surface area contributed by atoms with Gasteiger partial charge in [0.25, 0.3) is 0 Å². The van der Waals surface area contributed by atoms with E-state index in [1.807, 2.05) is 36.4 Å². The first-order valence-corrected chi connectivity index (χ1v) is 24.0. The third kappa shape index (κ3) is 10.5. The summed E-state index contributed by atoms with van der Waals surface area (Å²) in [4.78, 5) is 0. The molecule has 6 heteroatoms. The molecule has 9 aromatic rings. The standard InChI is InChI=1S/C26H26P2.2C15H10N.2Au/c1-5-13-23(14-6-1)27(24-15-7-2-8-16-24)21-22-28(25-17-9-3-10-18-25)26-19-11-4-12-20-26;2*1-3-11-8-9-13-12-6-4-5-7-14(12)16(2)15(13)10-11;;/h1-3,5-11,13-20H,4,12,21-22H2;2*4-10H,2H3;;/q;2*-1;2*+1/p+2. The van der Waals surface area contributed by atoms with Gasteiger partial charge in [0.15, 0.2) is 0 Å². The molecule has 0 aliphatic heterocycles. The van der Waals surface area contributed by atoms with Gasteiger partial charge in [-0.1, -0.05) is 109 Å². The zero-order valence-electron chi connectivity index (χ0n) is 34.8. The van der Waals surface area contributed by atoms with E-state index in [2.05, 4.69) is 193 Å². The maximum atomic E-state index is 7.16. The first-order chi connectivity index (χ1) is 29.5. The van der Waals surface area contributed by atoms with E-state index in [1.54, 1.807) is 10.6 Å². The summed E-state index contributed by atoms with van der Waals surface area (Å²) in [5.41, 5.74) is 6.38. The molecule has 7 aromatic carbocycles. The molecule has 1 unspecified atom stereocenters. The average molecular weight is 1200 g/mol. The van der Waals surface area contributed by atoms with Crippen LogP contribution in [0.15, 0.2) is 199 Å². The van der Waals surface area contributed by atoms with Gasteiger partial charge in [0.1, 0.15) is 12.3 Å². The van der Waals surface area contributed by atoms with E-state index >= 15 is 0 Å². The normalized spacial score (nSPS) is 12.2. The minimum Gasteiger partial charge on any atom is -0.366 e. The monoisotopic (exact) mass is 1200 g/mol. The van der Waals surface area contributed by atoms with Gasteiger partial charge in [-0.2, -0.15) is 0 Å². The first-order valence-electron chi connectivity index (χ1n) is 20.6. The Morgan fingerprint density at radius 1 is 0.452 bits per heavy atom. The van der Waals surface area contributed by atoms with Crippen LogP contribution in [0.2, 0.25) is 0 Å². The van der Waals surface area contributed by atoms with Crippen molar-refractivity contribution >= 4 is 75.4 Å². The van der Waals surface area contributed by atoms with Gasteiger partial charge in [-0.15, -0.1) is 35.4 Å². The molecule has 0 spiro atoms. The second kappa shape index (κ2) is 22.4. The molecule has 1 atom stereocenters. The van der Waals surface area contributed by atoms with Crippen molar-refractivity contribution in [3.05, 3.63) is 223 Å². The summed E-state index contributed by atoms with van der Waals surface area (Å²) in [6.45, 7) is 0. The van der Waals surface area contributed by atoms with E-state index in [-0.39, 0.29) is 44.8 Å². The van der Waals surface area contributed by atoms with Crippen molar-refractivity contribution in [3.63, 3.8) is 0 Å². The number of aryl methyl sites for hydroxylation is 2. The third-order valence-electron chi connectivity index (χ3n) is 11.5. The summed E-state index contributed by atoms with van der Waals surface area (Å²) in [5, 5.41) is 11.2.